The first-order valence-corrected chi connectivity index (χ1v) is 6.25. The van der Waals surface area contributed by atoms with Crippen LogP contribution in [0.1, 0.15) is 18.2 Å². The summed E-state index contributed by atoms with van der Waals surface area (Å²) in [5.41, 5.74) is 0. The van der Waals surface area contributed by atoms with Crippen LogP contribution < -0.4 is 10.5 Å². The maximum atomic E-state index is 10.6. The molecule has 0 amide bonds. The molecule has 0 saturated heterocycles. The average molecular weight is 255 g/mol. The van der Waals surface area contributed by atoms with Crippen molar-refractivity contribution in [2.24, 2.45) is 5.14 Å². The number of halogens is 1. The van der Waals surface area contributed by atoms with E-state index >= 15 is 0 Å². The van der Waals surface area contributed by atoms with Crippen LogP contribution in [0.3, 0.4) is 0 Å². The third-order valence-electron chi connectivity index (χ3n) is 1.44. The van der Waals surface area contributed by atoms with Gasteiger partial charge in [0.05, 0.1) is 5.75 Å². The summed E-state index contributed by atoms with van der Waals surface area (Å²) in [4.78, 5) is 0. The minimum atomic E-state index is -3.48. The molecule has 0 spiro atoms. The third-order valence-corrected chi connectivity index (χ3v) is 2.40. The Morgan fingerprint density at radius 3 is 2.73 bits per heavy atom. The van der Waals surface area contributed by atoms with Crippen LogP contribution >= 0.6 is 11.6 Å². The maximum absolute atomic E-state index is 10.6. The van der Waals surface area contributed by atoms with E-state index in [9.17, 15) is 8.42 Å². The summed E-state index contributed by atoms with van der Waals surface area (Å²) < 4.78 is 26.2. The molecule has 1 unspecified atom stereocenters. The highest BCUT2D eigenvalue weighted by atomic mass is 35.5. The van der Waals surface area contributed by atoms with Crippen LogP contribution in [0.4, 0.5) is 6.01 Å². The number of primary sulfonamides is 1. The smallest absolute Gasteiger partial charge is 0.315 e. The van der Waals surface area contributed by atoms with Gasteiger partial charge in [0.15, 0.2) is 0 Å². The van der Waals surface area contributed by atoms with E-state index in [0.717, 1.165) is 0 Å². The van der Waals surface area contributed by atoms with E-state index in [1.807, 2.05) is 0 Å². The predicted molar refractivity (Wildman–Crippen MR) is 55.0 cm³/mol. The second kappa shape index (κ2) is 4.77. The van der Waals surface area contributed by atoms with E-state index in [4.69, 9.17) is 21.2 Å². The number of anilines is 1. The molecule has 0 aromatic carbocycles. The molecule has 1 rings (SSSR count). The summed E-state index contributed by atoms with van der Waals surface area (Å²) in [6.07, 6.45) is 0. The topological polar surface area (TPSA) is 111 Å². The molecule has 1 aromatic rings. The number of hydrogen-bond acceptors (Lipinski definition) is 6. The third kappa shape index (κ3) is 4.45. The van der Waals surface area contributed by atoms with Crippen LogP contribution in [0.25, 0.3) is 0 Å². The van der Waals surface area contributed by atoms with Crippen LogP contribution in [0.2, 0.25) is 0 Å². The van der Waals surface area contributed by atoms with Crippen molar-refractivity contribution < 1.29 is 12.8 Å². The Morgan fingerprint density at radius 1 is 1.60 bits per heavy atom. The van der Waals surface area contributed by atoms with E-state index in [-0.39, 0.29) is 29.6 Å². The summed E-state index contributed by atoms with van der Waals surface area (Å²) in [5, 5.41) is 14.3. The maximum Gasteiger partial charge on any atom is 0.315 e. The van der Waals surface area contributed by atoms with Crippen LogP contribution in [0, 0.1) is 0 Å². The molecule has 1 aromatic heterocycles. The van der Waals surface area contributed by atoms with Crippen molar-refractivity contribution in [3.63, 3.8) is 0 Å². The molecule has 0 aliphatic heterocycles. The largest absolute Gasteiger partial charge is 0.407 e. The van der Waals surface area contributed by atoms with Gasteiger partial charge < -0.3 is 9.73 Å². The Kier molecular flexibility index (Phi) is 3.89. The van der Waals surface area contributed by atoms with Gasteiger partial charge in [0.25, 0.3) is 0 Å². The lowest BCUT2D eigenvalue weighted by Crippen LogP contribution is -2.22. The van der Waals surface area contributed by atoms with E-state index in [1.165, 1.54) is 0 Å². The molecular formula is C6H11ClN4O3S. The Bertz CT molecular complexity index is 416. The molecule has 0 radical (unpaired) electrons. The van der Waals surface area contributed by atoms with Gasteiger partial charge in [-0.05, 0) is 6.92 Å². The van der Waals surface area contributed by atoms with Crippen molar-refractivity contribution >= 4 is 27.6 Å². The van der Waals surface area contributed by atoms with Crippen molar-refractivity contribution in [1.82, 2.24) is 10.2 Å². The van der Waals surface area contributed by atoms with Gasteiger partial charge in [0, 0.05) is 6.54 Å². The van der Waals surface area contributed by atoms with E-state index in [0.29, 0.717) is 0 Å². The monoisotopic (exact) mass is 254 g/mol. The highest BCUT2D eigenvalue weighted by molar-refractivity contribution is 7.89. The Balaban J connectivity index is 2.45. The zero-order chi connectivity index (χ0) is 11.5. The molecule has 0 aliphatic rings. The van der Waals surface area contributed by atoms with Gasteiger partial charge in [0.2, 0.25) is 15.9 Å². The Hall–Kier alpha value is -0.860. The Labute approximate surface area is 92.0 Å². The second-order valence-electron chi connectivity index (χ2n) is 2.86. The molecule has 1 atom stereocenters. The number of nitrogens with zero attached hydrogens (tertiary/aromatic N) is 2. The van der Waals surface area contributed by atoms with Crippen LogP contribution in [0.15, 0.2) is 4.42 Å². The fraction of sp³-hybridized carbons (Fsp3) is 0.667. The number of sulfonamides is 1. The normalized spacial score (nSPS) is 13.8. The van der Waals surface area contributed by atoms with Crippen LogP contribution in [0.5, 0.6) is 0 Å². The molecule has 0 aliphatic carbocycles. The number of alkyl halides is 1. The van der Waals surface area contributed by atoms with Crippen LogP contribution in [-0.4, -0.2) is 30.9 Å². The highest BCUT2D eigenvalue weighted by Crippen LogP contribution is 2.18. The number of rotatable bonds is 5. The molecule has 3 N–H and O–H groups in total. The summed E-state index contributed by atoms with van der Waals surface area (Å²) in [7, 11) is -3.48. The second-order valence-corrected chi connectivity index (χ2v) is 5.24. The number of nitrogens with one attached hydrogen (secondary N) is 1. The Morgan fingerprint density at radius 2 is 2.27 bits per heavy atom. The van der Waals surface area contributed by atoms with Gasteiger partial charge in [-0.1, -0.05) is 5.10 Å². The van der Waals surface area contributed by atoms with Crippen molar-refractivity contribution in [2.45, 2.75) is 12.3 Å². The highest BCUT2D eigenvalue weighted by Gasteiger charge is 2.11. The molecule has 0 saturated carbocycles. The zero-order valence-corrected chi connectivity index (χ0v) is 9.55. The molecule has 7 nitrogen and oxygen atoms in total. The standard InChI is InChI=1S/C6H11ClN4O3S/c1-4(7)5-10-11-6(14-5)9-2-3-15(8,12)13/h4H,2-3H2,1H3,(H,9,11)(H2,8,12,13). The minimum Gasteiger partial charge on any atom is -0.407 e. The lowest BCUT2D eigenvalue weighted by molar-refractivity contribution is 0.506. The fourth-order valence-electron chi connectivity index (χ4n) is 0.767. The van der Waals surface area contributed by atoms with Crippen molar-refractivity contribution in [1.29, 1.82) is 0 Å². The molecule has 15 heavy (non-hydrogen) atoms. The van der Waals surface area contributed by atoms with Gasteiger partial charge >= 0.3 is 6.01 Å². The van der Waals surface area contributed by atoms with E-state index in [1.54, 1.807) is 6.92 Å². The summed E-state index contributed by atoms with van der Waals surface area (Å²) in [6.45, 7) is 1.79. The fourth-order valence-corrected chi connectivity index (χ4v) is 1.24. The van der Waals surface area contributed by atoms with Gasteiger partial charge in [0.1, 0.15) is 5.38 Å². The first kappa shape index (κ1) is 12.2. The minimum absolute atomic E-state index is 0.108. The SMILES string of the molecule is CC(Cl)c1nnc(NCCS(N)(=O)=O)o1. The molecule has 0 fully saturated rings. The predicted octanol–water partition coefficient (Wildman–Crippen LogP) is 0.0698. The van der Waals surface area contributed by atoms with Gasteiger partial charge in [-0.25, -0.2) is 13.6 Å². The zero-order valence-electron chi connectivity index (χ0n) is 7.97. The molecule has 86 valence electrons. The van der Waals surface area contributed by atoms with E-state index < -0.39 is 10.0 Å². The summed E-state index contributed by atoms with van der Waals surface area (Å²) >= 11 is 5.68. The lowest BCUT2D eigenvalue weighted by atomic mass is 10.5. The quantitative estimate of drug-likeness (QED) is 0.720. The number of hydrogen-bond donors (Lipinski definition) is 2. The van der Waals surface area contributed by atoms with E-state index in [2.05, 4.69) is 15.5 Å². The van der Waals surface area contributed by atoms with Crippen molar-refractivity contribution in [2.75, 3.05) is 17.6 Å². The van der Waals surface area contributed by atoms with Gasteiger partial charge in [-0.15, -0.1) is 16.7 Å². The first-order valence-electron chi connectivity index (χ1n) is 4.10. The number of aromatic nitrogens is 2. The molecule has 0 bridgehead atoms. The lowest BCUT2D eigenvalue weighted by Gasteiger charge is -1.98. The van der Waals surface area contributed by atoms with Crippen molar-refractivity contribution in [3.05, 3.63) is 5.89 Å². The summed E-state index contributed by atoms with van der Waals surface area (Å²) in [6, 6.07) is 0.126. The number of nitrogens with two attached hydrogens (primary N) is 1. The molecule has 1 heterocycles. The van der Waals surface area contributed by atoms with Gasteiger partial charge in [-0.2, -0.15) is 0 Å². The van der Waals surface area contributed by atoms with Gasteiger partial charge in [-0.3, -0.25) is 0 Å². The summed E-state index contributed by atoms with van der Waals surface area (Å²) in [5.74, 6) is 0.0657. The molecule has 9 heteroatoms. The average Bonchev–Trinajstić information content (AvgIpc) is 2.50. The molecular weight excluding hydrogens is 244 g/mol. The first-order chi connectivity index (χ1) is 6.88. The van der Waals surface area contributed by atoms with Crippen LogP contribution in [-0.2, 0) is 10.0 Å². The van der Waals surface area contributed by atoms with Crippen molar-refractivity contribution in [3.8, 4) is 0 Å².